The molecule has 0 N–H and O–H groups in total. The van der Waals surface area contributed by atoms with Gasteiger partial charge in [-0.1, -0.05) is 0 Å². The average Bonchev–Trinajstić information content (AvgIpc) is 2.87. The van der Waals surface area contributed by atoms with Gasteiger partial charge in [0.25, 0.3) is 0 Å². The second-order valence-electron chi connectivity index (χ2n) is 3.55. The molecule has 1 aromatic carbocycles. The van der Waals surface area contributed by atoms with Gasteiger partial charge in [-0.15, -0.1) is 11.3 Å². The molecular weight excluding hydrogens is 248 g/mol. The minimum absolute atomic E-state index is 0.328. The van der Waals surface area contributed by atoms with Crippen molar-refractivity contribution in [2.45, 2.75) is 6.42 Å². The number of ether oxygens (including phenoxy) is 2. The van der Waals surface area contributed by atoms with Crippen molar-refractivity contribution < 1.29 is 9.47 Å². The summed E-state index contributed by atoms with van der Waals surface area (Å²) < 4.78 is 10.5. The topological polar surface area (TPSA) is 55.1 Å². The molecule has 0 saturated carbocycles. The van der Waals surface area contributed by atoms with E-state index in [0.29, 0.717) is 12.2 Å². The van der Waals surface area contributed by atoms with Crippen molar-refractivity contribution in [3.8, 4) is 28.1 Å². The van der Waals surface area contributed by atoms with Crippen LogP contribution in [0.4, 0.5) is 0 Å². The quantitative estimate of drug-likeness (QED) is 0.848. The normalized spacial score (nSPS) is 9.83. The summed E-state index contributed by atoms with van der Waals surface area (Å²) in [6.07, 6.45) is 0.328. The third kappa shape index (κ3) is 2.44. The molecule has 0 saturated heterocycles. The molecule has 0 unspecified atom stereocenters. The zero-order valence-corrected chi connectivity index (χ0v) is 11.0. The van der Waals surface area contributed by atoms with E-state index in [1.807, 2.05) is 23.6 Å². The lowest BCUT2D eigenvalue weighted by atomic mass is 10.2. The predicted molar refractivity (Wildman–Crippen MR) is 70.0 cm³/mol. The van der Waals surface area contributed by atoms with Crippen LogP contribution in [0.5, 0.6) is 11.5 Å². The summed E-state index contributed by atoms with van der Waals surface area (Å²) >= 11 is 1.50. The average molecular weight is 260 g/mol. The zero-order valence-electron chi connectivity index (χ0n) is 10.1. The van der Waals surface area contributed by atoms with E-state index in [4.69, 9.17) is 14.7 Å². The van der Waals surface area contributed by atoms with Crippen molar-refractivity contribution in [2.75, 3.05) is 14.2 Å². The fourth-order valence-corrected chi connectivity index (χ4v) is 2.42. The fraction of sp³-hybridized carbons (Fsp3) is 0.231. The monoisotopic (exact) mass is 260 g/mol. The molecule has 18 heavy (non-hydrogen) atoms. The minimum Gasteiger partial charge on any atom is -0.497 e. The number of hydrogen-bond acceptors (Lipinski definition) is 5. The summed E-state index contributed by atoms with van der Waals surface area (Å²) in [5.74, 6) is 1.46. The number of rotatable bonds is 4. The first kappa shape index (κ1) is 12.4. The Balaban J connectivity index is 2.40. The highest BCUT2D eigenvalue weighted by atomic mass is 32.1. The zero-order chi connectivity index (χ0) is 13.0. The Bertz CT molecular complexity index is 587. The number of aromatic nitrogens is 1. The third-order valence-corrected chi connectivity index (χ3v) is 3.38. The van der Waals surface area contributed by atoms with Crippen LogP contribution >= 0.6 is 11.3 Å². The van der Waals surface area contributed by atoms with E-state index in [2.05, 4.69) is 11.1 Å². The molecule has 4 nitrogen and oxygen atoms in total. The van der Waals surface area contributed by atoms with Crippen LogP contribution in [0.3, 0.4) is 0 Å². The molecule has 1 heterocycles. The second kappa shape index (κ2) is 5.52. The summed E-state index contributed by atoms with van der Waals surface area (Å²) in [5, 5.41) is 11.4. The van der Waals surface area contributed by atoms with Gasteiger partial charge in [-0.05, 0) is 12.1 Å². The molecule has 0 bridgehead atoms. The highest BCUT2D eigenvalue weighted by Crippen LogP contribution is 2.34. The molecule has 2 aromatic rings. The van der Waals surface area contributed by atoms with Gasteiger partial charge < -0.3 is 9.47 Å². The van der Waals surface area contributed by atoms with Crippen molar-refractivity contribution in [1.82, 2.24) is 4.98 Å². The SMILES string of the molecule is COc1ccc(-c2nc(CC#N)cs2)c(OC)c1. The number of hydrogen-bond donors (Lipinski definition) is 0. The van der Waals surface area contributed by atoms with Gasteiger partial charge >= 0.3 is 0 Å². The highest BCUT2D eigenvalue weighted by molar-refractivity contribution is 7.13. The Morgan fingerprint density at radius 2 is 2.17 bits per heavy atom. The van der Waals surface area contributed by atoms with E-state index in [0.717, 1.165) is 22.0 Å². The van der Waals surface area contributed by atoms with E-state index in [1.54, 1.807) is 14.2 Å². The third-order valence-electron chi connectivity index (χ3n) is 2.45. The molecular formula is C13H12N2O2S. The van der Waals surface area contributed by atoms with Gasteiger partial charge in [-0.25, -0.2) is 4.98 Å². The van der Waals surface area contributed by atoms with Crippen LogP contribution in [0.15, 0.2) is 23.6 Å². The van der Waals surface area contributed by atoms with E-state index in [1.165, 1.54) is 11.3 Å². The van der Waals surface area contributed by atoms with Crippen LogP contribution in [-0.2, 0) is 6.42 Å². The van der Waals surface area contributed by atoms with Crippen LogP contribution < -0.4 is 9.47 Å². The number of nitrogens with zero attached hydrogens (tertiary/aromatic N) is 2. The lowest BCUT2D eigenvalue weighted by Gasteiger charge is -2.08. The summed E-state index contributed by atoms with van der Waals surface area (Å²) in [4.78, 5) is 4.41. The Kier molecular flexibility index (Phi) is 3.80. The number of benzene rings is 1. The molecule has 0 amide bonds. The minimum atomic E-state index is 0.328. The highest BCUT2D eigenvalue weighted by Gasteiger charge is 2.11. The van der Waals surface area contributed by atoms with Crippen molar-refractivity contribution in [3.05, 3.63) is 29.3 Å². The van der Waals surface area contributed by atoms with Gasteiger partial charge in [-0.3, -0.25) is 0 Å². The van der Waals surface area contributed by atoms with Gasteiger partial charge in [-0.2, -0.15) is 5.26 Å². The molecule has 0 radical (unpaired) electrons. The smallest absolute Gasteiger partial charge is 0.132 e. The number of methoxy groups -OCH3 is 2. The molecule has 2 rings (SSSR count). The largest absolute Gasteiger partial charge is 0.497 e. The van der Waals surface area contributed by atoms with Crippen molar-refractivity contribution in [3.63, 3.8) is 0 Å². The summed E-state index contributed by atoms with van der Waals surface area (Å²) in [5.41, 5.74) is 1.70. The maximum atomic E-state index is 8.64. The Labute approximate surface area is 109 Å². The first-order valence-corrected chi connectivity index (χ1v) is 6.20. The Morgan fingerprint density at radius 3 is 2.83 bits per heavy atom. The number of nitriles is 1. The van der Waals surface area contributed by atoms with Gasteiger partial charge in [0.1, 0.15) is 16.5 Å². The molecule has 0 fully saturated rings. The lowest BCUT2D eigenvalue weighted by Crippen LogP contribution is -1.90. The summed E-state index contributed by atoms with van der Waals surface area (Å²) in [6, 6.07) is 7.68. The van der Waals surface area contributed by atoms with Crippen molar-refractivity contribution >= 4 is 11.3 Å². The Morgan fingerprint density at radius 1 is 1.33 bits per heavy atom. The van der Waals surface area contributed by atoms with E-state index in [9.17, 15) is 0 Å². The van der Waals surface area contributed by atoms with E-state index >= 15 is 0 Å². The first-order valence-electron chi connectivity index (χ1n) is 5.32. The number of thiazole rings is 1. The predicted octanol–water partition coefficient (Wildman–Crippen LogP) is 2.89. The molecule has 0 spiro atoms. The lowest BCUT2D eigenvalue weighted by molar-refractivity contribution is 0.395. The van der Waals surface area contributed by atoms with Crippen LogP contribution in [0, 0.1) is 11.3 Å². The molecule has 5 heteroatoms. The fourth-order valence-electron chi connectivity index (χ4n) is 1.57. The molecule has 0 atom stereocenters. The standard InChI is InChI=1S/C13H12N2O2S/c1-16-10-3-4-11(12(7-10)17-2)13-15-9(5-6-14)8-18-13/h3-4,7-8H,5H2,1-2H3. The van der Waals surface area contributed by atoms with Gasteiger partial charge in [0, 0.05) is 11.4 Å². The maximum absolute atomic E-state index is 8.64. The Hall–Kier alpha value is -2.06. The van der Waals surface area contributed by atoms with Gasteiger partial charge in [0.15, 0.2) is 0 Å². The molecule has 1 aromatic heterocycles. The molecule has 0 aliphatic heterocycles. The van der Waals surface area contributed by atoms with Crippen LogP contribution in [0.2, 0.25) is 0 Å². The summed E-state index contributed by atoms with van der Waals surface area (Å²) in [7, 11) is 3.23. The van der Waals surface area contributed by atoms with Gasteiger partial charge in [0.05, 0.1) is 38.0 Å². The summed E-state index contributed by atoms with van der Waals surface area (Å²) in [6.45, 7) is 0. The maximum Gasteiger partial charge on any atom is 0.132 e. The first-order chi connectivity index (χ1) is 8.78. The van der Waals surface area contributed by atoms with Crippen molar-refractivity contribution in [1.29, 1.82) is 5.26 Å². The van der Waals surface area contributed by atoms with Gasteiger partial charge in [0.2, 0.25) is 0 Å². The van der Waals surface area contributed by atoms with Crippen molar-refractivity contribution in [2.24, 2.45) is 0 Å². The molecule has 0 aliphatic rings. The second-order valence-corrected chi connectivity index (χ2v) is 4.40. The molecule has 0 aliphatic carbocycles. The van der Waals surface area contributed by atoms with Crippen LogP contribution in [0.25, 0.3) is 10.6 Å². The molecule has 92 valence electrons. The van der Waals surface area contributed by atoms with E-state index < -0.39 is 0 Å². The van der Waals surface area contributed by atoms with Crippen LogP contribution in [-0.4, -0.2) is 19.2 Å². The van der Waals surface area contributed by atoms with Crippen LogP contribution in [0.1, 0.15) is 5.69 Å². The van der Waals surface area contributed by atoms with E-state index in [-0.39, 0.29) is 0 Å².